The minimum absolute atomic E-state index is 0.0867. The van der Waals surface area contributed by atoms with Gasteiger partial charge in [-0.2, -0.15) is 0 Å². The highest BCUT2D eigenvalue weighted by molar-refractivity contribution is 7.47. The lowest BCUT2D eigenvalue weighted by atomic mass is 10.0. The molecule has 0 aromatic heterocycles. The smallest absolute Gasteiger partial charge is 0.462 e. The SMILES string of the molecule is CCCCC[C@H](O)/C=C/C=C\C/C=C\C/C=C\CCCC(=O)O[C@H](COC(=O)CCCCCCCCC(C)C)COP(=O)(O)OC[C@@H](O)CO. The molecule has 4 N–H and O–H groups in total. The van der Waals surface area contributed by atoms with Crippen LogP contribution in [-0.4, -0.2) is 76.9 Å². The summed E-state index contributed by atoms with van der Waals surface area (Å²) in [7, 11) is -4.63. The number of hydrogen-bond acceptors (Lipinski definition) is 10. The summed E-state index contributed by atoms with van der Waals surface area (Å²) in [6.45, 7) is 4.36. The fourth-order valence-electron chi connectivity index (χ4n) is 4.57. The molecule has 0 aliphatic carbocycles. The van der Waals surface area contributed by atoms with Gasteiger partial charge in [-0.15, -0.1) is 0 Å². The van der Waals surface area contributed by atoms with E-state index in [1.807, 2.05) is 42.5 Å². The fourth-order valence-corrected chi connectivity index (χ4v) is 5.36. The first-order chi connectivity index (χ1) is 24.0. The van der Waals surface area contributed by atoms with Gasteiger partial charge in [0.25, 0.3) is 0 Å². The number of carbonyl (C=O) groups excluding carboxylic acids is 2. The molecule has 4 atom stereocenters. The van der Waals surface area contributed by atoms with E-state index in [2.05, 4.69) is 31.4 Å². The molecule has 50 heavy (non-hydrogen) atoms. The molecule has 0 aromatic rings. The van der Waals surface area contributed by atoms with Crippen LogP contribution in [0.2, 0.25) is 0 Å². The zero-order valence-electron chi connectivity index (χ0n) is 30.9. The number of allylic oxidation sites excluding steroid dienone is 7. The summed E-state index contributed by atoms with van der Waals surface area (Å²) in [6.07, 6.45) is 27.4. The summed E-state index contributed by atoms with van der Waals surface area (Å²) >= 11 is 0. The van der Waals surface area contributed by atoms with Gasteiger partial charge in [-0.1, -0.05) is 127 Å². The van der Waals surface area contributed by atoms with Crippen molar-refractivity contribution < 1.29 is 52.9 Å². The number of ether oxygens (including phenoxy) is 2. The Hall–Kier alpha value is -2.11. The molecular formula is C38H67O11P. The third-order valence-electron chi connectivity index (χ3n) is 7.52. The molecule has 0 bridgehead atoms. The van der Waals surface area contributed by atoms with E-state index in [4.69, 9.17) is 19.1 Å². The highest BCUT2D eigenvalue weighted by Gasteiger charge is 2.27. The molecule has 0 spiro atoms. The van der Waals surface area contributed by atoms with E-state index in [0.29, 0.717) is 25.2 Å². The first-order valence-electron chi connectivity index (χ1n) is 18.6. The second kappa shape index (κ2) is 32.8. The first kappa shape index (κ1) is 47.9. The molecule has 0 aliphatic heterocycles. The molecule has 0 aliphatic rings. The Morgan fingerprint density at radius 3 is 2.04 bits per heavy atom. The van der Waals surface area contributed by atoms with Crippen molar-refractivity contribution in [1.29, 1.82) is 0 Å². The van der Waals surface area contributed by atoms with Crippen molar-refractivity contribution in [3.63, 3.8) is 0 Å². The molecule has 0 heterocycles. The molecule has 1 unspecified atom stereocenters. The highest BCUT2D eigenvalue weighted by Crippen LogP contribution is 2.43. The van der Waals surface area contributed by atoms with Gasteiger partial charge in [0, 0.05) is 12.8 Å². The van der Waals surface area contributed by atoms with Gasteiger partial charge < -0.3 is 29.7 Å². The van der Waals surface area contributed by atoms with Crippen LogP contribution in [0.15, 0.2) is 48.6 Å². The molecule has 0 saturated heterocycles. The number of rotatable bonds is 33. The Morgan fingerprint density at radius 1 is 0.720 bits per heavy atom. The van der Waals surface area contributed by atoms with Gasteiger partial charge in [-0.05, 0) is 44.4 Å². The third kappa shape index (κ3) is 33.1. The van der Waals surface area contributed by atoms with Gasteiger partial charge in [0.05, 0.1) is 25.9 Å². The van der Waals surface area contributed by atoms with Gasteiger partial charge in [0.1, 0.15) is 12.7 Å². The van der Waals surface area contributed by atoms with Gasteiger partial charge >= 0.3 is 19.8 Å². The maximum absolute atomic E-state index is 12.5. The van der Waals surface area contributed by atoms with E-state index in [0.717, 1.165) is 57.8 Å². The summed E-state index contributed by atoms with van der Waals surface area (Å²) in [5.74, 6) is -0.316. The van der Waals surface area contributed by atoms with Crippen molar-refractivity contribution in [3.8, 4) is 0 Å². The second-order valence-electron chi connectivity index (χ2n) is 12.9. The second-order valence-corrected chi connectivity index (χ2v) is 14.4. The predicted octanol–water partition coefficient (Wildman–Crippen LogP) is 7.82. The number of aliphatic hydroxyl groups is 3. The zero-order valence-corrected chi connectivity index (χ0v) is 31.8. The Balaban J connectivity index is 4.54. The average Bonchev–Trinajstić information content (AvgIpc) is 3.08. The normalized spacial score (nSPS) is 15.4. The van der Waals surface area contributed by atoms with Gasteiger partial charge in [0.15, 0.2) is 6.10 Å². The standard InChI is InChI=1S/C38H67O11P/c1-4-5-19-25-34(40)26-21-16-11-9-7-6-8-10-12-18-23-28-38(43)49-36(32-48-50(44,45)47-30-35(41)29-39)31-46-37(42)27-22-17-14-13-15-20-24-33(2)3/h6-7,10-12,16,21,26,33-36,39-41H,4-5,8-9,13-15,17-20,22-25,27-32H2,1-3H3,(H,44,45)/b7-6-,12-10-,16-11-,26-21+/t34-,35-,36+/m0/s1. The number of hydrogen-bond donors (Lipinski definition) is 4. The maximum Gasteiger partial charge on any atom is 0.472 e. The number of phosphoric acid groups is 1. The summed E-state index contributed by atoms with van der Waals surface area (Å²) in [5.41, 5.74) is 0. The molecule has 0 amide bonds. The average molecular weight is 731 g/mol. The van der Waals surface area contributed by atoms with E-state index >= 15 is 0 Å². The van der Waals surface area contributed by atoms with E-state index in [9.17, 15) is 29.3 Å². The fraction of sp³-hybridized carbons (Fsp3) is 0.737. The molecule has 290 valence electrons. The van der Waals surface area contributed by atoms with E-state index in [1.165, 1.54) is 19.3 Å². The Bertz CT molecular complexity index is 1010. The number of aliphatic hydroxyl groups excluding tert-OH is 3. The predicted molar refractivity (Wildman–Crippen MR) is 197 cm³/mol. The van der Waals surface area contributed by atoms with Gasteiger partial charge in [0.2, 0.25) is 0 Å². The molecule has 11 nitrogen and oxygen atoms in total. The van der Waals surface area contributed by atoms with Crippen molar-refractivity contribution in [2.45, 2.75) is 148 Å². The van der Waals surface area contributed by atoms with Gasteiger partial charge in [-0.25, -0.2) is 4.57 Å². The van der Waals surface area contributed by atoms with Crippen LogP contribution < -0.4 is 0 Å². The highest BCUT2D eigenvalue weighted by atomic mass is 31.2. The summed E-state index contributed by atoms with van der Waals surface area (Å²) < 4.78 is 32.4. The number of unbranched alkanes of at least 4 members (excludes halogenated alkanes) is 8. The van der Waals surface area contributed by atoms with E-state index < -0.39 is 51.8 Å². The van der Waals surface area contributed by atoms with Crippen LogP contribution in [0, 0.1) is 5.92 Å². The van der Waals surface area contributed by atoms with Gasteiger partial charge in [-0.3, -0.25) is 18.6 Å². The van der Waals surface area contributed by atoms with Crippen molar-refractivity contribution in [2.24, 2.45) is 5.92 Å². The zero-order chi connectivity index (χ0) is 37.3. The Morgan fingerprint density at radius 2 is 1.34 bits per heavy atom. The van der Waals surface area contributed by atoms with Crippen LogP contribution in [0.4, 0.5) is 0 Å². The monoisotopic (exact) mass is 730 g/mol. The first-order valence-corrected chi connectivity index (χ1v) is 20.1. The van der Waals surface area contributed by atoms with Crippen molar-refractivity contribution in [1.82, 2.24) is 0 Å². The molecule has 0 aromatic carbocycles. The number of esters is 2. The van der Waals surface area contributed by atoms with Crippen LogP contribution in [0.25, 0.3) is 0 Å². The quantitative estimate of drug-likeness (QED) is 0.0171. The Labute approximate surface area is 301 Å². The topological polar surface area (TPSA) is 169 Å². The minimum Gasteiger partial charge on any atom is -0.462 e. The summed E-state index contributed by atoms with van der Waals surface area (Å²) in [5, 5.41) is 28.1. The third-order valence-corrected chi connectivity index (χ3v) is 8.47. The number of carbonyl (C=O) groups is 2. The lowest BCUT2D eigenvalue weighted by molar-refractivity contribution is -0.161. The minimum atomic E-state index is -4.63. The molecule has 0 fully saturated rings. The largest absolute Gasteiger partial charge is 0.472 e. The van der Waals surface area contributed by atoms with Crippen molar-refractivity contribution >= 4 is 19.8 Å². The van der Waals surface area contributed by atoms with E-state index in [1.54, 1.807) is 0 Å². The summed E-state index contributed by atoms with van der Waals surface area (Å²) in [4.78, 5) is 34.7. The lowest BCUT2D eigenvalue weighted by Gasteiger charge is -2.20. The van der Waals surface area contributed by atoms with Crippen molar-refractivity contribution in [3.05, 3.63) is 48.6 Å². The lowest BCUT2D eigenvalue weighted by Crippen LogP contribution is -2.29. The molecular weight excluding hydrogens is 663 g/mol. The van der Waals surface area contributed by atoms with E-state index in [-0.39, 0.29) is 25.6 Å². The Kier molecular flexibility index (Phi) is 31.4. The summed E-state index contributed by atoms with van der Waals surface area (Å²) in [6, 6.07) is 0. The number of phosphoric ester groups is 1. The van der Waals surface area contributed by atoms with Crippen LogP contribution in [0.5, 0.6) is 0 Å². The van der Waals surface area contributed by atoms with Crippen LogP contribution in [0.1, 0.15) is 130 Å². The van der Waals surface area contributed by atoms with Crippen LogP contribution in [-0.2, 0) is 32.7 Å². The molecule has 12 heteroatoms. The molecule has 0 rings (SSSR count). The van der Waals surface area contributed by atoms with Crippen molar-refractivity contribution in [2.75, 3.05) is 26.4 Å². The molecule has 0 radical (unpaired) electrons. The molecule has 0 saturated carbocycles. The van der Waals surface area contributed by atoms with Crippen LogP contribution >= 0.6 is 7.82 Å². The maximum atomic E-state index is 12.5. The van der Waals surface area contributed by atoms with Crippen LogP contribution in [0.3, 0.4) is 0 Å².